The number of fused-ring (bicyclic) bond motifs is 3. The van der Waals surface area contributed by atoms with Gasteiger partial charge in [0, 0.05) is 17.2 Å². The molecule has 17 heavy (non-hydrogen) atoms. The molecule has 0 fully saturated rings. The molecule has 0 atom stereocenters. The van der Waals surface area contributed by atoms with Gasteiger partial charge in [-0.15, -0.1) is 0 Å². The summed E-state index contributed by atoms with van der Waals surface area (Å²) >= 11 is 0. The summed E-state index contributed by atoms with van der Waals surface area (Å²) in [6.07, 6.45) is 1.22. The Balaban J connectivity index is 2.31. The summed E-state index contributed by atoms with van der Waals surface area (Å²) in [7, 11) is 0. The van der Waals surface area contributed by atoms with Crippen LogP contribution in [0.3, 0.4) is 0 Å². The molecule has 0 saturated carbocycles. The second-order valence-corrected chi connectivity index (χ2v) is 3.96. The van der Waals surface area contributed by atoms with Crippen LogP contribution >= 0.6 is 0 Å². The number of rotatable bonds is 1. The molecule has 0 aromatic heterocycles. The topological polar surface area (TPSA) is 46.5 Å². The number of carboxylic acid groups (broad SMARTS) is 1. The van der Waals surface area contributed by atoms with Crippen molar-refractivity contribution in [2.45, 2.75) is 0 Å². The minimum atomic E-state index is -0.940. The van der Waals surface area contributed by atoms with Gasteiger partial charge in [0.05, 0.1) is 0 Å². The van der Waals surface area contributed by atoms with Crippen LogP contribution in [0.1, 0.15) is 5.56 Å². The summed E-state index contributed by atoms with van der Waals surface area (Å²) in [5.74, 6) is -0.180. The average molecular weight is 226 g/mol. The van der Waals surface area contributed by atoms with Gasteiger partial charge in [-0.3, -0.25) is 0 Å². The van der Waals surface area contributed by atoms with Gasteiger partial charge >= 0.3 is 5.97 Å². The fourth-order valence-electron chi connectivity index (χ4n) is 2.19. The standard InChI is InChI=1S/C14H10O3/c15-13(16)7-10-8-17-12-6-5-9-3-1-2-4-11(9)14(10)12/h1-7H,8H2,(H,15,16)/b10-7+. The second kappa shape index (κ2) is 3.63. The first kappa shape index (κ1) is 9.90. The fourth-order valence-corrected chi connectivity index (χ4v) is 2.19. The van der Waals surface area contributed by atoms with E-state index in [2.05, 4.69) is 0 Å². The highest BCUT2D eigenvalue weighted by Crippen LogP contribution is 2.38. The first-order valence-electron chi connectivity index (χ1n) is 5.34. The third kappa shape index (κ3) is 1.56. The van der Waals surface area contributed by atoms with E-state index in [1.807, 2.05) is 36.4 Å². The summed E-state index contributed by atoms with van der Waals surface area (Å²) < 4.78 is 5.49. The molecular weight excluding hydrogens is 216 g/mol. The van der Waals surface area contributed by atoms with Crippen LogP contribution < -0.4 is 4.74 Å². The summed E-state index contributed by atoms with van der Waals surface area (Å²) in [6, 6.07) is 11.8. The summed E-state index contributed by atoms with van der Waals surface area (Å²) in [6.45, 7) is 0.329. The molecule has 1 N–H and O–H groups in total. The van der Waals surface area contributed by atoms with Crippen molar-refractivity contribution in [2.24, 2.45) is 0 Å². The lowest BCUT2D eigenvalue weighted by Gasteiger charge is -2.03. The van der Waals surface area contributed by atoms with Crippen molar-refractivity contribution in [1.82, 2.24) is 0 Å². The molecule has 2 aromatic rings. The zero-order chi connectivity index (χ0) is 11.8. The molecule has 0 bridgehead atoms. The SMILES string of the molecule is O=C(O)/C=C1\COc2ccc3ccccc3c21. The van der Waals surface area contributed by atoms with Crippen LogP contribution in [-0.2, 0) is 4.79 Å². The number of aliphatic carboxylic acids is 1. The number of ether oxygens (including phenoxy) is 1. The fraction of sp³-hybridized carbons (Fsp3) is 0.0714. The summed E-state index contributed by atoms with van der Waals surface area (Å²) in [5.41, 5.74) is 1.63. The monoisotopic (exact) mass is 226 g/mol. The van der Waals surface area contributed by atoms with Crippen molar-refractivity contribution in [3.05, 3.63) is 48.0 Å². The number of hydrogen-bond donors (Lipinski definition) is 1. The number of carboxylic acids is 1. The van der Waals surface area contributed by atoms with E-state index in [0.717, 1.165) is 27.7 Å². The highest BCUT2D eigenvalue weighted by atomic mass is 16.5. The van der Waals surface area contributed by atoms with Crippen LogP contribution in [0.2, 0.25) is 0 Å². The predicted molar refractivity (Wildman–Crippen MR) is 65.1 cm³/mol. The van der Waals surface area contributed by atoms with Crippen molar-refractivity contribution in [1.29, 1.82) is 0 Å². The minimum absolute atomic E-state index is 0.329. The Morgan fingerprint density at radius 3 is 2.88 bits per heavy atom. The number of hydrogen-bond acceptors (Lipinski definition) is 2. The van der Waals surface area contributed by atoms with E-state index >= 15 is 0 Å². The molecule has 1 aliphatic heterocycles. The Kier molecular flexibility index (Phi) is 2.11. The van der Waals surface area contributed by atoms with Crippen LogP contribution in [-0.4, -0.2) is 17.7 Å². The van der Waals surface area contributed by atoms with E-state index in [0.29, 0.717) is 6.61 Å². The zero-order valence-corrected chi connectivity index (χ0v) is 9.01. The predicted octanol–water partition coefficient (Wildman–Crippen LogP) is 2.70. The lowest BCUT2D eigenvalue weighted by atomic mass is 9.99. The van der Waals surface area contributed by atoms with Crippen molar-refractivity contribution < 1.29 is 14.6 Å². The van der Waals surface area contributed by atoms with E-state index in [-0.39, 0.29) is 0 Å². The Labute approximate surface area is 97.9 Å². The van der Waals surface area contributed by atoms with Gasteiger partial charge in [-0.2, -0.15) is 0 Å². The molecular formula is C14H10O3. The Bertz CT molecular complexity index is 641. The van der Waals surface area contributed by atoms with Gasteiger partial charge in [0.1, 0.15) is 12.4 Å². The van der Waals surface area contributed by atoms with Crippen LogP contribution in [0, 0.1) is 0 Å². The quantitative estimate of drug-likeness (QED) is 0.760. The maximum atomic E-state index is 10.8. The van der Waals surface area contributed by atoms with Gasteiger partial charge in [0.15, 0.2) is 0 Å². The van der Waals surface area contributed by atoms with Gasteiger partial charge in [-0.1, -0.05) is 30.3 Å². The molecule has 1 aliphatic rings. The Morgan fingerprint density at radius 1 is 1.24 bits per heavy atom. The number of carbonyl (C=O) groups is 1. The Hall–Kier alpha value is -2.29. The molecule has 2 aromatic carbocycles. The lowest BCUT2D eigenvalue weighted by molar-refractivity contribution is -0.131. The normalized spacial score (nSPS) is 15.9. The first-order chi connectivity index (χ1) is 8.25. The Morgan fingerprint density at radius 2 is 2.06 bits per heavy atom. The van der Waals surface area contributed by atoms with Gasteiger partial charge < -0.3 is 9.84 Å². The van der Waals surface area contributed by atoms with Crippen LogP contribution in [0.15, 0.2) is 42.5 Å². The third-order valence-electron chi connectivity index (χ3n) is 2.89. The maximum Gasteiger partial charge on any atom is 0.328 e. The van der Waals surface area contributed by atoms with E-state index in [1.54, 1.807) is 0 Å². The van der Waals surface area contributed by atoms with Crippen LogP contribution in [0.4, 0.5) is 0 Å². The molecule has 3 rings (SSSR count). The van der Waals surface area contributed by atoms with Gasteiger partial charge in [-0.05, 0) is 16.8 Å². The lowest BCUT2D eigenvalue weighted by Crippen LogP contribution is -1.94. The summed E-state index contributed by atoms with van der Waals surface area (Å²) in [4.78, 5) is 10.8. The summed E-state index contributed by atoms with van der Waals surface area (Å²) in [5, 5.41) is 11.0. The molecule has 3 nitrogen and oxygen atoms in total. The first-order valence-corrected chi connectivity index (χ1v) is 5.34. The molecule has 1 heterocycles. The highest BCUT2D eigenvalue weighted by molar-refractivity contribution is 6.02. The molecule has 0 amide bonds. The molecule has 0 saturated heterocycles. The third-order valence-corrected chi connectivity index (χ3v) is 2.89. The van der Waals surface area contributed by atoms with E-state index < -0.39 is 5.97 Å². The highest BCUT2D eigenvalue weighted by Gasteiger charge is 2.20. The van der Waals surface area contributed by atoms with Gasteiger partial charge in [-0.25, -0.2) is 4.79 Å². The number of benzene rings is 2. The van der Waals surface area contributed by atoms with Crippen LogP contribution in [0.25, 0.3) is 16.3 Å². The molecule has 0 radical (unpaired) electrons. The zero-order valence-electron chi connectivity index (χ0n) is 9.01. The van der Waals surface area contributed by atoms with Gasteiger partial charge in [0.25, 0.3) is 0 Å². The minimum Gasteiger partial charge on any atom is -0.488 e. The van der Waals surface area contributed by atoms with Crippen molar-refractivity contribution in [3.8, 4) is 5.75 Å². The van der Waals surface area contributed by atoms with Crippen molar-refractivity contribution in [3.63, 3.8) is 0 Å². The smallest absolute Gasteiger partial charge is 0.328 e. The second-order valence-electron chi connectivity index (χ2n) is 3.96. The van der Waals surface area contributed by atoms with E-state index in [9.17, 15) is 4.79 Å². The van der Waals surface area contributed by atoms with Gasteiger partial charge in [0.2, 0.25) is 0 Å². The maximum absolute atomic E-state index is 10.8. The van der Waals surface area contributed by atoms with Crippen molar-refractivity contribution in [2.75, 3.05) is 6.61 Å². The van der Waals surface area contributed by atoms with E-state index in [4.69, 9.17) is 9.84 Å². The van der Waals surface area contributed by atoms with Crippen LogP contribution in [0.5, 0.6) is 5.75 Å². The largest absolute Gasteiger partial charge is 0.488 e. The molecule has 0 aliphatic carbocycles. The molecule has 0 unspecified atom stereocenters. The molecule has 84 valence electrons. The molecule has 0 spiro atoms. The van der Waals surface area contributed by atoms with E-state index in [1.165, 1.54) is 6.08 Å². The molecule has 3 heteroatoms. The van der Waals surface area contributed by atoms with Crippen molar-refractivity contribution >= 4 is 22.3 Å². The average Bonchev–Trinajstić information content (AvgIpc) is 2.72.